The van der Waals surface area contributed by atoms with Crippen molar-refractivity contribution in [2.45, 2.75) is 12.8 Å². The van der Waals surface area contributed by atoms with Crippen LogP contribution < -0.4 is 69.3 Å². The third-order valence-corrected chi connectivity index (χ3v) is 1.12. The van der Waals surface area contributed by atoms with Crippen molar-refractivity contribution < 1.29 is 78.9 Å². The van der Waals surface area contributed by atoms with Gasteiger partial charge in [-0.2, -0.15) is 5.10 Å². The molecule has 15 heavy (non-hydrogen) atoms. The molecule has 0 amide bonds. The minimum Gasteiger partial charge on any atom is -0.550 e. The molecule has 0 N–H and O–H groups in total. The Morgan fingerprint density at radius 3 is 1.87 bits per heavy atom. The van der Waals surface area contributed by atoms with Crippen LogP contribution in [0.5, 0.6) is 0 Å². The molecule has 0 aromatic carbocycles. The molecular weight excluding hydrogens is 222 g/mol. The first-order valence-corrected chi connectivity index (χ1v) is 3.59. The largest absolute Gasteiger partial charge is 1.00 e. The molecule has 8 heteroatoms. The Labute approximate surface area is 132 Å². The molecule has 0 heterocycles. The van der Waals surface area contributed by atoms with Crippen LogP contribution in [-0.2, 0) is 9.59 Å². The van der Waals surface area contributed by atoms with Gasteiger partial charge in [-0.3, -0.25) is 0 Å². The van der Waals surface area contributed by atoms with Crippen LogP contribution in [0.4, 0.5) is 0 Å². The van der Waals surface area contributed by atoms with Crippen LogP contribution in [0.15, 0.2) is 5.10 Å². The topological polar surface area (TPSA) is 95.9 Å². The summed E-state index contributed by atoms with van der Waals surface area (Å²) in [7, 11) is 3.06. The first-order valence-electron chi connectivity index (χ1n) is 3.59. The summed E-state index contributed by atoms with van der Waals surface area (Å²) in [6.07, 6.45) is -0.566. The van der Waals surface area contributed by atoms with Crippen molar-refractivity contribution in [1.82, 2.24) is 5.01 Å². The van der Waals surface area contributed by atoms with Gasteiger partial charge >= 0.3 is 59.1 Å². The van der Waals surface area contributed by atoms with Gasteiger partial charge in [0.1, 0.15) is 0 Å². The Hall–Kier alpha value is 0.410. The van der Waals surface area contributed by atoms with E-state index in [1.165, 1.54) is 19.1 Å². The molecule has 6 nitrogen and oxygen atoms in total. The molecule has 0 aromatic rings. The zero-order chi connectivity index (χ0) is 10.4. The molecule has 0 aliphatic carbocycles. The number of carboxylic acid groups (broad SMARTS) is 2. The quantitative estimate of drug-likeness (QED) is 0.266. The van der Waals surface area contributed by atoms with Crippen LogP contribution in [-0.4, -0.2) is 36.8 Å². The summed E-state index contributed by atoms with van der Waals surface area (Å²) < 4.78 is 0. The third kappa shape index (κ3) is 12.3. The van der Waals surface area contributed by atoms with Crippen LogP contribution in [0, 0.1) is 0 Å². The first-order chi connectivity index (χ1) is 5.93. The minimum absolute atomic E-state index is 0. The number of aliphatic carboxylic acids is 2. The van der Waals surface area contributed by atoms with E-state index >= 15 is 0 Å². The maximum Gasteiger partial charge on any atom is 1.00 e. The van der Waals surface area contributed by atoms with Gasteiger partial charge < -0.3 is 24.8 Å². The molecule has 0 aliphatic heterocycles. The van der Waals surface area contributed by atoms with Crippen molar-refractivity contribution in [1.29, 1.82) is 0 Å². The molecule has 74 valence electrons. The number of carbonyl (C=O) groups is 2. The predicted molar refractivity (Wildman–Crippen MR) is 40.4 cm³/mol. The van der Waals surface area contributed by atoms with Crippen molar-refractivity contribution in [3.8, 4) is 0 Å². The smallest absolute Gasteiger partial charge is 0.550 e. The normalized spacial score (nSPS) is 9.60. The maximum absolute atomic E-state index is 10.4. The number of hydrogen-bond donors (Lipinski definition) is 0. The van der Waals surface area contributed by atoms with Gasteiger partial charge in [0, 0.05) is 20.1 Å². The van der Waals surface area contributed by atoms with Gasteiger partial charge in [-0.1, -0.05) is 0 Å². The minimum atomic E-state index is -1.46. The summed E-state index contributed by atoms with van der Waals surface area (Å²) in [4.78, 5) is 20.4. The standard InChI is InChI=1S/C7H12N2O4.2Na/c1-9(2)8-5(7(12)13)3-4-6(10)11;;/h3-4H2,1-2H3,(H,10,11)(H,12,13);;/q;2*+1/p-2. The Kier molecular flexibility index (Phi) is 15.1. The van der Waals surface area contributed by atoms with E-state index in [0.29, 0.717) is 0 Å². The van der Waals surface area contributed by atoms with Gasteiger partial charge in [-0.15, -0.1) is 0 Å². The van der Waals surface area contributed by atoms with Crippen LogP contribution in [0.1, 0.15) is 12.8 Å². The Morgan fingerprint density at radius 2 is 1.60 bits per heavy atom. The molecule has 0 bridgehead atoms. The summed E-state index contributed by atoms with van der Waals surface area (Å²) in [6.45, 7) is 0. The summed E-state index contributed by atoms with van der Waals surface area (Å²) >= 11 is 0. The Bertz CT molecular complexity index is 243. The summed E-state index contributed by atoms with van der Waals surface area (Å²) in [5, 5.41) is 25.2. The van der Waals surface area contributed by atoms with E-state index in [2.05, 4.69) is 5.10 Å². The van der Waals surface area contributed by atoms with E-state index in [1.807, 2.05) is 0 Å². The van der Waals surface area contributed by atoms with Gasteiger partial charge in [-0.05, 0) is 12.8 Å². The molecular formula is C7H10N2Na2O4. The number of carbonyl (C=O) groups excluding carboxylic acids is 2. The van der Waals surface area contributed by atoms with E-state index in [4.69, 9.17) is 0 Å². The molecule has 0 rings (SSSR count). The van der Waals surface area contributed by atoms with Crippen molar-refractivity contribution in [2.24, 2.45) is 5.10 Å². The van der Waals surface area contributed by atoms with E-state index in [-0.39, 0.29) is 77.7 Å². The average Bonchev–Trinajstić information content (AvgIpc) is 1.96. The second-order valence-corrected chi connectivity index (χ2v) is 2.55. The monoisotopic (exact) mass is 232 g/mol. The maximum atomic E-state index is 10.4. The van der Waals surface area contributed by atoms with Crippen molar-refractivity contribution in [2.75, 3.05) is 14.1 Å². The van der Waals surface area contributed by atoms with Crippen molar-refractivity contribution in [3.63, 3.8) is 0 Å². The second-order valence-electron chi connectivity index (χ2n) is 2.55. The van der Waals surface area contributed by atoms with E-state index in [1.54, 1.807) is 0 Å². The molecule has 0 unspecified atom stereocenters. The van der Waals surface area contributed by atoms with Gasteiger partial charge in [-0.25, -0.2) is 0 Å². The molecule has 0 aliphatic rings. The number of hydrogen-bond acceptors (Lipinski definition) is 6. The second kappa shape index (κ2) is 10.9. The van der Waals surface area contributed by atoms with Crippen LogP contribution in [0.25, 0.3) is 0 Å². The van der Waals surface area contributed by atoms with E-state index in [9.17, 15) is 19.8 Å². The Balaban J connectivity index is -0.000000720. The van der Waals surface area contributed by atoms with Gasteiger partial charge in [0.2, 0.25) is 0 Å². The van der Waals surface area contributed by atoms with Crippen LogP contribution in [0.2, 0.25) is 0 Å². The summed E-state index contributed by atoms with van der Waals surface area (Å²) in [5.74, 6) is -2.78. The van der Waals surface area contributed by atoms with Gasteiger partial charge in [0.05, 0.1) is 11.7 Å². The molecule has 0 saturated heterocycles. The predicted octanol–water partition coefficient (Wildman–Crippen LogP) is -8.81. The van der Waals surface area contributed by atoms with Gasteiger partial charge in [0.25, 0.3) is 0 Å². The zero-order valence-electron chi connectivity index (χ0n) is 9.44. The third-order valence-electron chi connectivity index (χ3n) is 1.12. The molecule has 0 radical (unpaired) electrons. The van der Waals surface area contributed by atoms with Crippen LogP contribution in [0.3, 0.4) is 0 Å². The van der Waals surface area contributed by atoms with E-state index < -0.39 is 11.9 Å². The van der Waals surface area contributed by atoms with Crippen molar-refractivity contribution in [3.05, 3.63) is 0 Å². The fourth-order valence-corrected chi connectivity index (χ4v) is 0.655. The molecule has 0 spiro atoms. The number of rotatable bonds is 5. The molecule has 0 fully saturated rings. The first kappa shape index (κ1) is 20.8. The molecule has 0 aromatic heterocycles. The summed E-state index contributed by atoms with van der Waals surface area (Å²) in [5.41, 5.74) is -0.297. The number of hydrazone groups is 1. The fourth-order valence-electron chi connectivity index (χ4n) is 0.655. The molecule has 0 saturated carbocycles. The Morgan fingerprint density at radius 1 is 1.13 bits per heavy atom. The van der Waals surface area contributed by atoms with Crippen LogP contribution >= 0.6 is 0 Å². The fraction of sp³-hybridized carbons (Fsp3) is 0.571. The van der Waals surface area contributed by atoms with Gasteiger partial charge in [0.15, 0.2) is 0 Å². The number of carboxylic acids is 2. The summed E-state index contributed by atoms with van der Waals surface area (Å²) in [6, 6.07) is 0. The van der Waals surface area contributed by atoms with E-state index in [0.717, 1.165) is 0 Å². The average molecular weight is 232 g/mol. The zero-order valence-corrected chi connectivity index (χ0v) is 13.4. The van der Waals surface area contributed by atoms with Crippen molar-refractivity contribution >= 4 is 17.7 Å². The SMILES string of the molecule is CN(C)N=C(CCC(=O)[O-])C(=O)[O-].[Na+].[Na+]. The molecule has 0 atom stereocenters. The number of nitrogens with zero attached hydrogens (tertiary/aromatic N) is 2.